The fraction of sp³-hybridized carbons (Fsp3) is 0.389. The molecule has 0 saturated carbocycles. The van der Waals surface area contributed by atoms with Gasteiger partial charge in [0.1, 0.15) is 5.82 Å². The minimum Gasteiger partial charge on any atom is -0.348 e. The van der Waals surface area contributed by atoms with Gasteiger partial charge in [-0.3, -0.25) is 14.8 Å². The van der Waals surface area contributed by atoms with E-state index in [1.54, 1.807) is 0 Å². The number of carbonyl (C=O) groups excluding carboxylic acids is 1. The highest BCUT2D eigenvalue weighted by Gasteiger charge is 2.52. The maximum atomic E-state index is 12.6. The van der Waals surface area contributed by atoms with Crippen molar-refractivity contribution in [3.05, 3.63) is 48.0 Å². The molecule has 4 heterocycles. The van der Waals surface area contributed by atoms with Crippen LogP contribution in [0.3, 0.4) is 0 Å². The highest BCUT2D eigenvalue weighted by molar-refractivity contribution is 7.92. The van der Waals surface area contributed by atoms with E-state index in [0.717, 1.165) is 16.9 Å². The molecule has 3 atom stereocenters. The van der Waals surface area contributed by atoms with Crippen LogP contribution in [0.1, 0.15) is 16.2 Å². The van der Waals surface area contributed by atoms with Crippen LogP contribution in [-0.4, -0.2) is 69.5 Å². The van der Waals surface area contributed by atoms with E-state index in [4.69, 9.17) is 0 Å². The third kappa shape index (κ3) is 2.98. The highest BCUT2D eigenvalue weighted by Crippen LogP contribution is 2.34. The third-order valence-electron chi connectivity index (χ3n) is 5.66. The van der Waals surface area contributed by atoms with Gasteiger partial charge in [-0.25, -0.2) is 13.4 Å². The van der Waals surface area contributed by atoms with Crippen molar-refractivity contribution < 1.29 is 13.2 Å². The van der Waals surface area contributed by atoms with Crippen LogP contribution in [0.15, 0.2) is 36.7 Å². The molecule has 2 aliphatic rings. The predicted molar refractivity (Wildman–Crippen MR) is 102 cm³/mol. The smallest absolute Gasteiger partial charge is 0.254 e. The number of H-pyrrole nitrogens is 2. The number of rotatable bonds is 4. The summed E-state index contributed by atoms with van der Waals surface area (Å²) in [6.07, 6.45) is 2.93. The van der Waals surface area contributed by atoms with Crippen LogP contribution >= 0.6 is 0 Å². The average Bonchev–Trinajstić information content (AvgIpc) is 3.41. The number of nitrogens with one attached hydrogen (secondary N) is 3. The largest absolute Gasteiger partial charge is 0.348 e. The molecule has 2 fully saturated rings. The van der Waals surface area contributed by atoms with Crippen LogP contribution in [0.4, 0.5) is 0 Å². The van der Waals surface area contributed by atoms with Crippen molar-refractivity contribution in [3.63, 3.8) is 0 Å². The number of aromatic nitrogens is 4. The summed E-state index contributed by atoms with van der Waals surface area (Å²) in [5, 5.41) is 8.80. The molecule has 10 heteroatoms. The molecule has 146 valence electrons. The standard InChI is InChI=1S/C18H20N6O3S/c25-18(11-5-19-20-6-11)23-15-10-28(26,27)16-8-24(7-12(15)16)9-17-21-13-3-1-2-4-14(13)22-17/h1-6,12,15-16H,7-10H2,(H,19,20)(H,21,22)(H,23,25)/t12-,15+,16-/m0/s1. The average molecular weight is 400 g/mol. The number of imidazole rings is 1. The van der Waals surface area contributed by atoms with Gasteiger partial charge in [0.05, 0.1) is 40.3 Å². The summed E-state index contributed by atoms with van der Waals surface area (Å²) in [6, 6.07) is 7.41. The Morgan fingerprint density at radius 2 is 2.14 bits per heavy atom. The van der Waals surface area contributed by atoms with E-state index in [-0.39, 0.29) is 17.6 Å². The van der Waals surface area contributed by atoms with Crippen LogP contribution in [0.25, 0.3) is 11.0 Å². The van der Waals surface area contributed by atoms with Gasteiger partial charge >= 0.3 is 0 Å². The molecule has 3 aromatic rings. The lowest BCUT2D eigenvalue weighted by Crippen LogP contribution is -2.42. The Bertz CT molecular complexity index is 1090. The van der Waals surface area contributed by atoms with E-state index in [2.05, 4.69) is 30.4 Å². The number of amides is 1. The second-order valence-electron chi connectivity index (χ2n) is 7.49. The molecule has 9 nitrogen and oxygen atoms in total. The van der Waals surface area contributed by atoms with Crippen molar-refractivity contribution in [3.8, 4) is 0 Å². The maximum Gasteiger partial charge on any atom is 0.254 e. The first kappa shape index (κ1) is 17.4. The van der Waals surface area contributed by atoms with Gasteiger partial charge in [0.15, 0.2) is 9.84 Å². The van der Waals surface area contributed by atoms with Crippen LogP contribution < -0.4 is 5.32 Å². The minimum atomic E-state index is -3.25. The molecule has 5 rings (SSSR count). The van der Waals surface area contributed by atoms with Gasteiger partial charge in [-0.05, 0) is 12.1 Å². The zero-order chi connectivity index (χ0) is 19.3. The molecular weight excluding hydrogens is 380 g/mol. The van der Waals surface area contributed by atoms with Crippen LogP contribution in [0.2, 0.25) is 0 Å². The first-order chi connectivity index (χ1) is 13.5. The van der Waals surface area contributed by atoms with Crippen molar-refractivity contribution in [1.82, 2.24) is 30.4 Å². The molecule has 0 spiro atoms. The zero-order valence-electron chi connectivity index (χ0n) is 15.0. The maximum absolute atomic E-state index is 12.6. The molecule has 0 radical (unpaired) electrons. The van der Waals surface area contributed by atoms with Gasteiger partial charge in [-0.2, -0.15) is 5.10 Å². The number of fused-ring (bicyclic) bond motifs is 2. The Morgan fingerprint density at radius 3 is 2.93 bits per heavy atom. The molecule has 0 aliphatic carbocycles. The summed E-state index contributed by atoms with van der Waals surface area (Å²) >= 11 is 0. The molecule has 28 heavy (non-hydrogen) atoms. The molecule has 1 aromatic carbocycles. The molecular formula is C18H20N6O3S. The van der Waals surface area contributed by atoms with Crippen molar-refractivity contribution in [2.75, 3.05) is 18.8 Å². The number of benzene rings is 1. The number of hydrogen-bond donors (Lipinski definition) is 3. The number of para-hydroxylation sites is 2. The fourth-order valence-corrected chi connectivity index (χ4v) is 6.67. The van der Waals surface area contributed by atoms with E-state index >= 15 is 0 Å². The Labute approximate surface area is 161 Å². The minimum absolute atomic E-state index is 0.00952. The Hall–Kier alpha value is -2.72. The second kappa shape index (κ2) is 6.42. The van der Waals surface area contributed by atoms with Gasteiger partial charge in [0.2, 0.25) is 0 Å². The lowest BCUT2D eigenvalue weighted by Gasteiger charge is -2.20. The number of carbonyl (C=O) groups is 1. The van der Waals surface area contributed by atoms with E-state index in [1.165, 1.54) is 12.4 Å². The summed E-state index contributed by atoms with van der Waals surface area (Å²) in [4.78, 5) is 22.3. The first-order valence-electron chi connectivity index (χ1n) is 9.17. The number of likely N-dealkylation sites (tertiary alicyclic amines) is 1. The molecule has 3 N–H and O–H groups in total. The fourth-order valence-electron chi connectivity index (χ4n) is 4.34. The molecule has 0 unspecified atom stereocenters. The number of hydrogen-bond acceptors (Lipinski definition) is 6. The van der Waals surface area contributed by atoms with Gasteiger partial charge in [-0.1, -0.05) is 12.1 Å². The van der Waals surface area contributed by atoms with E-state index in [9.17, 15) is 13.2 Å². The van der Waals surface area contributed by atoms with Crippen LogP contribution in [-0.2, 0) is 16.4 Å². The summed E-state index contributed by atoms with van der Waals surface area (Å²) in [7, 11) is -3.25. The Kier molecular flexibility index (Phi) is 3.98. The van der Waals surface area contributed by atoms with E-state index in [1.807, 2.05) is 24.3 Å². The summed E-state index contributed by atoms with van der Waals surface area (Å²) in [5.41, 5.74) is 2.27. The van der Waals surface area contributed by atoms with Crippen molar-refractivity contribution in [1.29, 1.82) is 0 Å². The van der Waals surface area contributed by atoms with Gasteiger partial charge in [0.25, 0.3) is 5.91 Å². The van der Waals surface area contributed by atoms with Crippen molar-refractivity contribution in [2.24, 2.45) is 5.92 Å². The normalized spacial score (nSPS) is 26.5. The molecule has 2 aliphatic heterocycles. The number of sulfone groups is 1. The summed E-state index contributed by atoms with van der Waals surface area (Å²) in [6.45, 7) is 1.62. The second-order valence-corrected chi connectivity index (χ2v) is 9.76. The van der Waals surface area contributed by atoms with Crippen molar-refractivity contribution >= 4 is 26.8 Å². The van der Waals surface area contributed by atoms with Crippen LogP contribution in [0.5, 0.6) is 0 Å². The number of nitrogens with zero attached hydrogens (tertiary/aromatic N) is 3. The van der Waals surface area contributed by atoms with Gasteiger partial charge in [0, 0.05) is 31.2 Å². The number of aromatic amines is 2. The molecule has 2 saturated heterocycles. The van der Waals surface area contributed by atoms with E-state index in [0.29, 0.717) is 25.2 Å². The van der Waals surface area contributed by atoms with Crippen molar-refractivity contribution in [2.45, 2.75) is 17.8 Å². The summed E-state index contributed by atoms with van der Waals surface area (Å²) < 4.78 is 25.3. The lowest BCUT2D eigenvalue weighted by atomic mass is 10.0. The monoisotopic (exact) mass is 400 g/mol. The zero-order valence-corrected chi connectivity index (χ0v) is 15.8. The van der Waals surface area contributed by atoms with Gasteiger partial charge in [-0.15, -0.1) is 0 Å². The first-order valence-corrected chi connectivity index (χ1v) is 10.9. The SMILES string of the molecule is O=C(N[C@@H]1CS(=O)(=O)[C@H]2CN(Cc3nc4ccccc4[nH]3)C[C@@H]12)c1cn[nH]c1. The third-order valence-corrected chi connectivity index (χ3v) is 7.91. The van der Waals surface area contributed by atoms with E-state index < -0.39 is 21.1 Å². The predicted octanol–water partition coefficient (Wildman–Crippen LogP) is 0.313. The molecule has 1 amide bonds. The Balaban J connectivity index is 1.32. The molecule has 0 bridgehead atoms. The lowest BCUT2D eigenvalue weighted by molar-refractivity contribution is 0.0930. The van der Waals surface area contributed by atoms with Gasteiger partial charge < -0.3 is 10.3 Å². The quantitative estimate of drug-likeness (QED) is 0.579. The molecule has 2 aromatic heterocycles. The van der Waals surface area contributed by atoms with Crippen LogP contribution in [0, 0.1) is 5.92 Å². The summed E-state index contributed by atoms with van der Waals surface area (Å²) in [5.74, 6) is 0.387. The Morgan fingerprint density at radius 1 is 1.29 bits per heavy atom. The highest BCUT2D eigenvalue weighted by atomic mass is 32.2. The topological polar surface area (TPSA) is 124 Å².